The number of benzene rings is 4. The van der Waals surface area contributed by atoms with Gasteiger partial charge in [0, 0.05) is 28.8 Å². The molecule has 1 aliphatic carbocycles. The van der Waals surface area contributed by atoms with E-state index in [0.717, 1.165) is 0 Å². The molecule has 1 aromatic heterocycles. The highest BCUT2D eigenvalue weighted by molar-refractivity contribution is 7.86. The molecule has 0 fully saturated rings. The molecule has 4 aromatic carbocycles. The zero-order chi connectivity index (χ0) is 35.7. The highest BCUT2D eigenvalue weighted by Gasteiger charge is 2.33. The zero-order valence-corrected chi connectivity index (χ0v) is 28.9. The molecule has 49 heavy (non-hydrogen) atoms. The van der Waals surface area contributed by atoms with Crippen molar-refractivity contribution in [2.45, 2.75) is 56.2 Å². The van der Waals surface area contributed by atoms with E-state index in [9.17, 15) is 35.5 Å². The molecule has 1 heterocycles. The number of aromatic nitrogens is 1. The highest BCUT2D eigenvalue weighted by Crippen LogP contribution is 2.47. The smallest absolute Gasteiger partial charge is 0.298 e. The van der Waals surface area contributed by atoms with Gasteiger partial charge in [-0.05, 0) is 70.3 Å². The molecule has 13 heteroatoms. The Labute approximate surface area is 283 Å². The Kier molecular flexibility index (Phi) is 8.10. The summed E-state index contributed by atoms with van der Waals surface area (Å²) in [5, 5.41) is 3.44. The third-order valence-electron chi connectivity index (χ3n) is 8.40. The van der Waals surface area contributed by atoms with Crippen molar-refractivity contribution in [2.75, 3.05) is 5.32 Å². The summed E-state index contributed by atoms with van der Waals surface area (Å²) in [6.45, 7) is 10.2. The van der Waals surface area contributed by atoms with Gasteiger partial charge in [-0.15, -0.1) is 0 Å². The number of aromatic amines is 1. The third kappa shape index (κ3) is 6.62. The summed E-state index contributed by atoms with van der Waals surface area (Å²) >= 11 is 0. The van der Waals surface area contributed by atoms with Gasteiger partial charge in [-0.3, -0.25) is 18.7 Å². The fourth-order valence-electron chi connectivity index (χ4n) is 6.72. The number of nitrogens with one attached hydrogen (secondary N) is 2. The Morgan fingerprint density at radius 3 is 2.02 bits per heavy atom. The molecule has 0 spiro atoms. The van der Waals surface area contributed by atoms with Crippen molar-refractivity contribution in [2.24, 2.45) is 5.41 Å². The Hall–Kier alpha value is -4.82. The van der Waals surface area contributed by atoms with Crippen LogP contribution >= 0.6 is 0 Å². The van der Waals surface area contributed by atoms with E-state index < -0.39 is 36.1 Å². The average molecular weight is 703 g/mol. The molecule has 5 aromatic rings. The first-order valence-corrected chi connectivity index (χ1v) is 18.1. The summed E-state index contributed by atoms with van der Waals surface area (Å²) < 4.78 is 74.8. The van der Waals surface area contributed by atoms with E-state index in [4.69, 9.17) is 4.74 Å². The predicted octanol–water partition coefficient (Wildman–Crippen LogP) is 7.48. The van der Waals surface area contributed by atoms with Crippen molar-refractivity contribution < 1.29 is 35.5 Å². The van der Waals surface area contributed by atoms with Crippen LogP contribution in [-0.2, 0) is 25.7 Å². The number of fused-ring (bicyclic) bond motifs is 2. The normalized spacial score (nSPS) is 13.3. The molecule has 254 valence electrons. The van der Waals surface area contributed by atoms with Crippen LogP contribution in [-0.4, -0.2) is 36.7 Å². The fraction of sp³-hybridized carbons (Fsp3) is 0.222. The molecular formula is C36H34N2O9S2. The van der Waals surface area contributed by atoms with E-state index >= 15 is 0 Å². The van der Waals surface area contributed by atoms with E-state index in [-0.39, 0.29) is 44.4 Å². The molecule has 6 rings (SSSR count). The average Bonchev–Trinajstić information content (AvgIpc) is 2.99. The van der Waals surface area contributed by atoms with Gasteiger partial charge in [0.1, 0.15) is 10.6 Å². The van der Waals surface area contributed by atoms with E-state index in [0.29, 0.717) is 39.7 Å². The number of rotatable bonds is 8. The molecule has 0 atom stereocenters. The quantitative estimate of drug-likeness (QED) is 0.116. The Morgan fingerprint density at radius 1 is 0.755 bits per heavy atom. The molecule has 11 nitrogen and oxygen atoms in total. The predicted molar refractivity (Wildman–Crippen MR) is 186 cm³/mol. The van der Waals surface area contributed by atoms with Crippen LogP contribution in [0.5, 0.6) is 11.5 Å². The molecule has 0 aliphatic heterocycles. The van der Waals surface area contributed by atoms with Crippen molar-refractivity contribution in [3.8, 4) is 22.6 Å². The zero-order valence-electron chi connectivity index (χ0n) is 27.3. The second-order valence-electron chi connectivity index (χ2n) is 14.0. The summed E-state index contributed by atoms with van der Waals surface area (Å²) in [6, 6.07) is 19.3. The fourth-order valence-corrected chi connectivity index (χ4v) is 7.84. The van der Waals surface area contributed by atoms with Crippen molar-refractivity contribution in [3.63, 3.8) is 0 Å². The number of carbonyl (C=O) groups excluding carboxylic acids is 1. The largest absolute Gasteiger partial charge is 0.454 e. The van der Waals surface area contributed by atoms with E-state index in [1.807, 2.05) is 13.8 Å². The molecule has 0 amide bonds. The summed E-state index contributed by atoms with van der Waals surface area (Å²) in [4.78, 5) is 29.1. The molecule has 1 aliphatic rings. The van der Waals surface area contributed by atoms with Crippen LogP contribution in [0.4, 0.5) is 11.4 Å². The van der Waals surface area contributed by atoms with Gasteiger partial charge >= 0.3 is 0 Å². The third-order valence-corrected chi connectivity index (χ3v) is 10.1. The van der Waals surface area contributed by atoms with E-state index in [2.05, 4.69) is 31.1 Å². The van der Waals surface area contributed by atoms with Crippen LogP contribution in [0.25, 0.3) is 22.0 Å². The molecule has 4 N–H and O–H groups in total. The first-order chi connectivity index (χ1) is 22.7. The van der Waals surface area contributed by atoms with Gasteiger partial charge in [0.2, 0.25) is 5.56 Å². The van der Waals surface area contributed by atoms with Crippen LogP contribution in [0.15, 0.2) is 93.4 Å². The van der Waals surface area contributed by atoms with Gasteiger partial charge in [0.15, 0.2) is 11.5 Å². The van der Waals surface area contributed by atoms with Crippen LogP contribution in [0.1, 0.15) is 62.5 Å². The molecule has 0 saturated carbocycles. The number of hydrogen-bond donors (Lipinski definition) is 4. The lowest BCUT2D eigenvalue weighted by atomic mass is 9.72. The number of ether oxygens (including phenoxy) is 1. The van der Waals surface area contributed by atoms with Gasteiger partial charge < -0.3 is 15.0 Å². The maximum Gasteiger partial charge on any atom is 0.298 e. The topological polar surface area (TPSA) is 180 Å². The number of hydrogen-bond acceptors (Lipinski definition) is 8. The Morgan fingerprint density at radius 2 is 1.41 bits per heavy atom. The summed E-state index contributed by atoms with van der Waals surface area (Å²) in [5.41, 5.74) is 1.74. The lowest BCUT2D eigenvalue weighted by molar-refractivity contribution is 0.104. The van der Waals surface area contributed by atoms with Gasteiger partial charge in [-0.1, -0.05) is 65.0 Å². The van der Waals surface area contributed by atoms with Crippen molar-refractivity contribution >= 4 is 48.3 Å². The maximum absolute atomic E-state index is 14.1. The number of H-pyrrole nitrogens is 1. The summed E-state index contributed by atoms with van der Waals surface area (Å²) in [6.07, 6.45) is 0.705. The second-order valence-corrected chi connectivity index (χ2v) is 16.8. The molecule has 0 saturated heterocycles. The van der Waals surface area contributed by atoms with Gasteiger partial charge in [-0.2, -0.15) is 16.8 Å². The minimum Gasteiger partial charge on any atom is -0.454 e. The standard InChI is InChI=1S/C36H34N2O9S2/c1-35(2,3)19-36(4,5)20-10-15-27(29(16-20)49(44,45)46)47-28-18-26(37-21-11-13-22(14-12-21)48(41,42)43)32-31-25(17-30(39)38-33(28)31)23-8-6-7-9-24(23)34(32)40/h6-18,37H,19H2,1-5H3,(H,38,39)(H,41,42,43)(H,44,45,46). The molecule has 0 unspecified atom stereocenters. The molecule has 0 bridgehead atoms. The number of carbonyl (C=O) groups is 1. The second kappa shape index (κ2) is 11.7. The minimum atomic E-state index is -4.81. The number of anilines is 2. The first kappa shape index (κ1) is 34.1. The lowest BCUT2D eigenvalue weighted by Gasteiger charge is -2.33. The Bertz CT molecular complexity index is 2460. The minimum absolute atomic E-state index is 0.0338. The van der Waals surface area contributed by atoms with Crippen LogP contribution < -0.4 is 15.6 Å². The van der Waals surface area contributed by atoms with Crippen molar-refractivity contribution in [3.05, 3.63) is 106 Å². The monoisotopic (exact) mass is 702 g/mol. The molecular weight excluding hydrogens is 669 g/mol. The van der Waals surface area contributed by atoms with Gasteiger partial charge in [-0.25, -0.2) is 0 Å². The van der Waals surface area contributed by atoms with Crippen molar-refractivity contribution in [1.82, 2.24) is 4.98 Å². The van der Waals surface area contributed by atoms with Crippen LogP contribution in [0.2, 0.25) is 0 Å². The van der Waals surface area contributed by atoms with Crippen LogP contribution in [0.3, 0.4) is 0 Å². The number of ketones is 1. The van der Waals surface area contributed by atoms with E-state index in [1.165, 1.54) is 48.5 Å². The van der Waals surface area contributed by atoms with E-state index in [1.54, 1.807) is 30.3 Å². The van der Waals surface area contributed by atoms with Gasteiger partial charge in [0.05, 0.1) is 21.7 Å². The maximum atomic E-state index is 14.1. The van der Waals surface area contributed by atoms with Gasteiger partial charge in [0.25, 0.3) is 20.2 Å². The molecule has 0 radical (unpaired) electrons. The Balaban J connectivity index is 1.58. The lowest BCUT2D eigenvalue weighted by Crippen LogP contribution is -2.25. The SMILES string of the molecule is CC(C)(C)CC(C)(C)c1ccc(Oc2cc(Nc3ccc(S(=O)(=O)O)cc3)c3c4c(cc(=O)[nH]c24)-c2ccccc2C3=O)c(S(=O)(=O)O)c1. The number of pyridine rings is 1. The van der Waals surface area contributed by atoms with Crippen molar-refractivity contribution in [1.29, 1.82) is 0 Å². The first-order valence-electron chi connectivity index (χ1n) is 15.3. The summed E-state index contributed by atoms with van der Waals surface area (Å²) in [5.74, 6) is -0.619. The highest BCUT2D eigenvalue weighted by atomic mass is 32.2. The summed E-state index contributed by atoms with van der Waals surface area (Å²) in [7, 11) is -9.27. The van der Waals surface area contributed by atoms with Crippen LogP contribution in [0, 0.1) is 5.41 Å².